The molecule has 0 aromatic heterocycles. The van der Waals surface area contributed by atoms with Crippen LogP contribution in [0.1, 0.15) is 50.3 Å². The number of benzene rings is 2. The predicted molar refractivity (Wildman–Crippen MR) is 117 cm³/mol. The number of hydrogen-bond acceptors (Lipinski definition) is 3. The van der Waals surface area contributed by atoms with E-state index < -0.39 is 0 Å². The van der Waals surface area contributed by atoms with Crippen molar-refractivity contribution in [1.82, 2.24) is 4.90 Å². The Hall–Kier alpha value is -1.04. The summed E-state index contributed by atoms with van der Waals surface area (Å²) in [7, 11) is 1.76. The van der Waals surface area contributed by atoms with Gasteiger partial charge in [0.25, 0.3) is 0 Å². The summed E-state index contributed by atoms with van der Waals surface area (Å²) >= 11 is 12.8. The van der Waals surface area contributed by atoms with Crippen molar-refractivity contribution in [3.8, 4) is 0 Å². The van der Waals surface area contributed by atoms with Crippen LogP contribution in [0.5, 0.6) is 0 Å². The Morgan fingerprint density at radius 3 is 2.39 bits per heavy atom. The molecule has 1 fully saturated rings. The average Bonchev–Trinajstić information content (AvgIpc) is 2.83. The van der Waals surface area contributed by atoms with E-state index in [-0.39, 0.29) is 24.2 Å². The number of rotatable bonds is 2. The van der Waals surface area contributed by atoms with Crippen LogP contribution in [-0.4, -0.2) is 36.8 Å². The molecule has 2 aromatic rings. The minimum atomic E-state index is -0.367. The molecule has 0 bridgehead atoms. The zero-order valence-electron chi connectivity index (χ0n) is 17.1. The minimum absolute atomic E-state index is 0.201. The Morgan fingerprint density at radius 2 is 1.71 bits per heavy atom. The summed E-state index contributed by atoms with van der Waals surface area (Å²) in [6, 6.07) is 12.4. The second-order valence-corrected chi connectivity index (χ2v) is 9.81. The summed E-state index contributed by atoms with van der Waals surface area (Å²) in [4.78, 5) is 2.30. The fourth-order valence-corrected chi connectivity index (χ4v) is 4.60. The SMILES string of the molecule is CN1Cc2c(Cl)cc(Cl)cc2C(c2cccc(B3OC(C)(C)C(C)(C)O3)c2)C1. The van der Waals surface area contributed by atoms with Gasteiger partial charge in [0.05, 0.1) is 11.2 Å². The molecule has 2 aliphatic rings. The number of nitrogens with zero attached hydrogens (tertiary/aromatic N) is 1. The summed E-state index contributed by atoms with van der Waals surface area (Å²) in [5, 5.41) is 1.42. The summed E-state index contributed by atoms with van der Waals surface area (Å²) in [5.41, 5.74) is 3.92. The van der Waals surface area contributed by atoms with Crippen molar-refractivity contribution >= 4 is 35.8 Å². The van der Waals surface area contributed by atoms with Crippen molar-refractivity contribution in [3.63, 3.8) is 0 Å². The molecule has 0 spiro atoms. The first-order chi connectivity index (χ1) is 13.1. The molecule has 1 saturated heterocycles. The molecule has 0 N–H and O–H groups in total. The second kappa shape index (κ2) is 7.03. The van der Waals surface area contributed by atoms with Crippen molar-refractivity contribution in [1.29, 1.82) is 0 Å². The lowest BCUT2D eigenvalue weighted by atomic mass is 9.76. The topological polar surface area (TPSA) is 21.7 Å². The molecule has 2 aromatic carbocycles. The quantitative estimate of drug-likeness (QED) is 0.650. The first-order valence-electron chi connectivity index (χ1n) is 9.69. The van der Waals surface area contributed by atoms with Gasteiger partial charge in [0.1, 0.15) is 0 Å². The van der Waals surface area contributed by atoms with Gasteiger partial charge in [-0.2, -0.15) is 0 Å². The van der Waals surface area contributed by atoms with Crippen LogP contribution >= 0.6 is 23.2 Å². The van der Waals surface area contributed by atoms with Gasteiger partial charge in [0.2, 0.25) is 0 Å². The second-order valence-electron chi connectivity index (χ2n) is 8.96. The lowest BCUT2D eigenvalue weighted by Gasteiger charge is -2.33. The molecule has 1 unspecified atom stereocenters. The summed E-state index contributed by atoms with van der Waals surface area (Å²) in [5.74, 6) is 0.201. The van der Waals surface area contributed by atoms with Crippen molar-refractivity contribution < 1.29 is 9.31 Å². The Kier molecular flexibility index (Phi) is 5.09. The highest BCUT2D eigenvalue weighted by Gasteiger charge is 2.51. The normalized spacial score (nSPS) is 23.7. The van der Waals surface area contributed by atoms with Gasteiger partial charge < -0.3 is 14.2 Å². The maximum absolute atomic E-state index is 6.51. The molecule has 2 heterocycles. The van der Waals surface area contributed by atoms with E-state index in [0.29, 0.717) is 5.02 Å². The molecule has 0 saturated carbocycles. The highest BCUT2D eigenvalue weighted by Crippen LogP contribution is 2.39. The van der Waals surface area contributed by atoms with E-state index in [1.807, 2.05) is 6.07 Å². The molecule has 0 aliphatic carbocycles. The van der Waals surface area contributed by atoms with Gasteiger partial charge in [-0.3, -0.25) is 0 Å². The molecule has 28 heavy (non-hydrogen) atoms. The Labute approximate surface area is 178 Å². The zero-order valence-corrected chi connectivity index (χ0v) is 18.6. The number of hydrogen-bond donors (Lipinski definition) is 0. The van der Waals surface area contributed by atoms with Gasteiger partial charge in [0.15, 0.2) is 0 Å². The van der Waals surface area contributed by atoms with E-state index in [4.69, 9.17) is 32.5 Å². The van der Waals surface area contributed by atoms with Crippen LogP contribution in [0.3, 0.4) is 0 Å². The minimum Gasteiger partial charge on any atom is -0.399 e. The third-order valence-electron chi connectivity index (χ3n) is 6.33. The Balaban J connectivity index is 1.72. The van der Waals surface area contributed by atoms with Crippen LogP contribution in [0.25, 0.3) is 0 Å². The van der Waals surface area contributed by atoms with Crippen molar-refractivity contribution in [3.05, 3.63) is 63.1 Å². The summed E-state index contributed by atoms with van der Waals surface area (Å²) in [6.45, 7) is 10.1. The van der Waals surface area contributed by atoms with Crippen LogP contribution in [0.15, 0.2) is 36.4 Å². The van der Waals surface area contributed by atoms with E-state index in [2.05, 4.69) is 70.0 Å². The zero-order chi connectivity index (χ0) is 20.3. The van der Waals surface area contributed by atoms with Crippen molar-refractivity contribution in [2.75, 3.05) is 13.6 Å². The molecule has 148 valence electrons. The van der Waals surface area contributed by atoms with E-state index in [0.717, 1.165) is 29.1 Å². The maximum atomic E-state index is 6.51. The molecule has 6 heteroatoms. The van der Waals surface area contributed by atoms with Crippen LogP contribution in [0.2, 0.25) is 10.0 Å². The highest BCUT2D eigenvalue weighted by molar-refractivity contribution is 6.62. The largest absolute Gasteiger partial charge is 0.494 e. The first-order valence-corrected chi connectivity index (χ1v) is 10.4. The predicted octanol–water partition coefficient (Wildman–Crippen LogP) is 4.87. The maximum Gasteiger partial charge on any atom is 0.494 e. The van der Waals surface area contributed by atoms with Crippen LogP contribution in [0, 0.1) is 0 Å². The van der Waals surface area contributed by atoms with Gasteiger partial charge in [-0.1, -0.05) is 47.5 Å². The average molecular weight is 418 g/mol. The molecular weight excluding hydrogens is 392 g/mol. The van der Waals surface area contributed by atoms with E-state index >= 15 is 0 Å². The van der Waals surface area contributed by atoms with Gasteiger partial charge in [-0.15, -0.1) is 0 Å². The highest BCUT2D eigenvalue weighted by atomic mass is 35.5. The molecule has 3 nitrogen and oxygen atoms in total. The molecule has 2 aliphatic heterocycles. The van der Waals surface area contributed by atoms with E-state index in [9.17, 15) is 0 Å². The summed E-state index contributed by atoms with van der Waals surface area (Å²) in [6.07, 6.45) is 0. The molecule has 0 radical (unpaired) electrons. The van der Waals surface area contributed by atoms with Crippen molar-refractivity contribution in [2.24, 2.45) is 0 Å². The first kappa shape index (κ1) is 20.2. The van der Waals surface area contributed by atoms with Gasteiger partial charge in [0, 0.05) is 29.1 Å². The van der Waals surface area contributed by atoms with Gasteiger partial charge in [-0.25, -0.2) is 0 Å². The van der Waals surface area contributed by atoms with Gasteiger partial charge in [-0.05, 0) is 69.0 Å². The molecular formula is C22H26BCl2NO2. The van der Waals surface area contributed by atoms with Crippen LogP contribution < -0.4 is 5.46 Å². The third-order valence-corrected chi connectivity index (χ3v) is 6.89. The summed E-state index contributed by atoms with van der Waals surface area (Å²) < 4.78 is 12.5. The Morgan fingerprint density at radius 1 is 1.04 bits per heavy atom. The standard InChI is InChI=1S/C22H26BCl2NO2/c1-21(2)22(3,4)28-23(27-21)15-8-6-7-14(9-15)18-12-26(5)13-19-17(18)10-16(24)11-20(19)25/h6-11,18H,12-13H2,1-5H3. The molecule has 0 amide bonds. The third kappa shape index (κ3) is 3.50. The fraction of sp³-hybridized carbons (Fsp3) is 0.455. The van der Waals surface area contributed by atoms with E-state index in [1.165, 1.54) is 11.1 Å². The van der Waals surface area contributed by atoms with Crippen LogP contribution in [0.4, 0.5) is 0 Å². The molecule has 1 atom stereocenters. The van der Waals surface area contributed by atoms with Crippen molar-refractivity contribution in [2.45, 2.75) is 51.4 Å². The monoisotopic (exact) mass is 417 g/mol. The lowest BCUT2D eigenvalue weighted by Crippen LogP contribution is -2.41. The number of likely N-dealkylation sites (N-methyl/N-ethyl adjacent to an activating group) is 1. The molecule has 4 rings (SSSR count). The van der Waals surface area contributed by atoms with Gasteiger partial charge >= 0.3 is 7.12 Å². The number of fused-ring (bicyclic) bond motifs is 1. The number of halogens is 2. The smallest absolute Gasteiger partial charge is 0.399 e. The van der Waals surface area contributed by atoms with E-state index in [1.54, 1.807) is 0 Å². The lowest BCUT2D eigenvalue weighted by molar-refractivity contribution is 0.00578. The van der Waals surface area contributed by atoms with Crippen LogP contribution in [-0.2, 0) is 15.9 Å². The Bertz CT molecular complexity index is 899. The fourth-order valence-electron chi connectivity index (χ4n) is 4.03.